The Kier molecular flexibility index (Phi) is 4.26. The summed E-state index contributed by atoms with van der Waals surface area (Å²) >= 11 is 2.00. The zero-order valence-corrected chi connectivity index (χ0v) is 12.8. The molecule has 0 aromatic heterocycles. The molecule has 20 heavy (non-hydrogen) atoms. The molecule has 0 bridgehead atoms. The Morgan fingerprint density at radius 2 is 2.20 bits per heavy atom. The number of halogens is 2. The van der Waals surface area contributed by atoms with Crippen LogP contribution in [0.1, 0.15) is 0 Å². The van der Waals surface area contributed by atoms with E-state index in [0.717, 1.165) is 3.57 Å². The number of benzene rings is 1. The number of anilines is 1. The van der Waals surface area contributed by atoms with Gasteiger partial charge in [-0.15, -0.1) is 0 Å². The molecule has 0 saturated heterocycles. The van der Waals surface area contributed by atoms with E-state index >= 15 is 0 Å². The molecule has 1 aromatic rings. The van der Waals surface area contributed by atoms with Crippen molar-refractivity contribution in [3.63, 3.8) is 0 Å². The van der Waals surface area contributed by atoms with Gasteiger partial charge in [-0.2, -0.15) is 0 Å². The number of carbonyl (C=O) groups is 2. The normalized spacial score (nSPS) is 21.9. The smallest absolute Gasteiger partial charge is 0.247 e. The molecule has 7 heteroatoms. The summed E-state index contributed by atoms with van der Waals surface area (Å²) in [7, 11) is 1.53. The van der Waals surface area contributed by atoms with Crippen LogP contribution in [-0.4, -0.2) is 29.9 Å². The number of nitrogens with two attached hydrogens (primary N) is 1. The number of primary amides is 1. The van der Waals surface area contributed by atoms with Crippen molar-refractivity contribution in [1.82, 2.24) is 4.90 Å². The van der Waals surface area contributed by atoms with Crippen LogP contribution < -0.4 is 11.1 Å². The van der Waals surface area contributed by atoms with E-state index in [9.17, 15) is 14.0 Å². The Labute approximate surface area is 129 Å². The summed E-state index contributed by atoms with van der Waals surface area (Å²) in [5.41, 5.74) is 5.54. The van der Waals surface area contributed by atoms with E-state index in [1.807, 2.05) is 22.6 Å². The van der Waals surface area contributed by atoms with Crippen molar-refractivity contribution >= 4 is 40.1 Å². The zero-order chi connectivity index (χ0) is 14.9. The third-order valence-electron chi connectivity index (χ3n) is 3.11. The molecule has 3 N–H and O–H groups in total. The topological polar surface area (TPSA) is 75.4 Å². The quantitative estimate of drug-likeness (QED) is 0.766. The number of carbonyl (C=O) groups excluding carboxylic acids is 2. The van der Waals surface area contributed by atoms with Crippen molar-refractivity contribution in [1.29, 1.82) is 0 Å². The molecule has 5 nitrogen and oxygen atoms in total. The van der Waals surface area contributed by atoms with Gasteiger partial charge in [0.25, 0.3) is 0 Å². The number of likely N-dealkylation sites (N-methyl/N-ethyl adjacent to an activating group) is 1. The van der Waals surface area contributed by atoms with Gasteiger partial charge in [0.05, 0.1) is 11.6 Å². The summed E-state index contributed by atoms with van der Waals surface area (Å²) in [4.78, 5) is 24.4. The number of nitrogens with zero attached hydrogens (tertiary/aromatic N) is 1. The Hall–Kier alpha value is -1.64. The van der Waals surface area contributed by atoms with Crippen molar-refractivity contribution < 1.29 is 14.0 Å². The molecule has 2 atom stereocenters. The van der Waals surface area contributed by atoms with Gasteiger partial charge in [0.15, 0.2) is 0 Å². The highest BCUT2D eigenvalue weighted by Crippen LogP contribution is 2.23. The van der Waals surface area contributed by atoms with Gasteiger partial charge in [-0.05, 0) is 40.8 Å². The van der Waals surface area contributed by atoms with Gasteiger partial charge in [-0.3, -0.25) is 9.59 Å². The molecule has 2 unspecified atom stereocenters. The Morgan fingerprint density at radius 1 is 1.50 bits per heavy atom. The maximum atomic E-state index is 13.9. The fraction of sp³-hybridized carbons (Fsp3) is 0.231. The van der Waals surface area contributed by atoms with Crippen molar-refractivity contribution in [3.05, 3.63) is 39.7 Å². The highest BCUT2D eigenvalue weighted by atomic mass is 127. The minimum Gasteiger partial charge on any atom is -0.369 e. The van der Waals surface area contributed by atoms with Crippen LogP contribution in [-0.2, 0) is 9.59 Å². The number of amides is 2. The van der Waals surface area contributed by atoms with Gasteiger partial charge < -0.3 is 16.0 Å². The maximum absolute atomic E-state index is 13.9. The molecule has 106 valence electrons. The Balaban J connectivity index is 2.31. The molecule has 2 amide bonds. The third-order valence-corrected chi connectivity index (χ3v) is 3.79. The minimum absolute atomic E-state index is 0.219. The van der Waals surface area contributed by atoms with Crippen molar-refractivity contribution in [3.8, 4) is 0 Å². The van der Waals surface area contributed by atoms with Crippen molar-refractivity contribution in [2.45, 2.75) is 6.17 Å². The third kappa shape index (κ3) is 2.92. The summed E-state index contributed by atoms with van der Waals surface area (Å²) in [5.74, 6) is -2.01. The SMILES string of the molecule is CN1C(=O)C=CC(C(N)=O)C1Nc1ccc(I)cc1F. The zero-order valence-electron chi connectivity index (χ0n) is 10.6. The second-order valence-electron chi connectivity index (χ2n) is 4.45. The molecular weight excluding hydrogens is 376 g/mol. The van der Waals surface area contributed by atoms with Crippen LogP contribution in [0.15, 0.2) is 30.4 Å². The fourth-order valence-corrected chi connectivity index (χ4v) is 2.44. The second kappa shape index (κ2) is 5.78. The number of nitrogens with one attached hydrogen (secondary N) is 1. The van der Waals surface area contributed by atoms with E-state index in [4.69, 9.17) is 5.73 Å². The van der Waals surface area contributed by atoms with Gasteiger partial charge in [0.1, 0.15) is 12.0 Å². The average molecular weight is 389 g/mol. The van der Waals surface area contributed by atoms with Crippen LogP contribution in [0.25, 0.3) is 0 Å². The monoisotopic (exact) mass is 389 g/mol. The molecule has 0 saturated carbocycles. The summed E-state index contributed by atoms with van der Waals surface area (Å²) in [6, 6.07) is 4.65. The first-order valence-electron chi connectivity index (χ1n) is 5.86. The highest BCUT2D eigenvalue weighted by molar-refractivity contribution is 14.1. The Morgan fingerprint density at radius 3 is 2.80 bits per heavy atom. The van der Waals surface area contributed by atoms with Crippen molar-refractivity contribution in [2.75, 3.05) is 12.4 Å². The first kappa shape index (κ1) is 14.8. The molecule has 1 aliphatic rings. The number of hydrogen-bond acceptors (Lipinski definition) is 3. The van der Waals surface area contributed by atoms with Crippen LogP contribution in [0.3, 0.4) is 0 Å². The van der Waals surface area contributed by atoms with Crippen LogP contribution in [0, 0.1) is 15.3 Å². The van der Waals surface area contributed by atoms with E-state index in [1.165, 1.54) is 30.2 Å². The molecule has 0 radical (unpaired) electrons. The lowest BCUT2D eigenvalue weighted by molar-refractivity contribution is -0.130. The van der Waals surface area contributed by atoms with E-state index in [1.54, 1.807) is 12.1 Å². The van der Waals surface area contributed by atoms with Gasteiger partial charge in [-0.25, -0.2) is 4.39 Å². The predicted octanol–water partition coefficient (Wildman–Crippen LogP) is 1.30. The van der Waals surface area contributed by atoms with Crippen LogP contribution in [0.5, 0.6) is 0 Å². The first-order valence-corrected chi connectivity index (χ1v) is 6.94. The van der Waals surface area contributed by atoms with Gasteiger partial charge >= 0.3 is 0 Å². The average Bonchev–Trinajstić information content (AvgIpc) is 2.37. The molecule has 1 heterocycles. The lowest BCUT2D eigenvalue weighted by Gasteiger charge is -2.35. The van der Waals surface area contributed by atoms with E-state index in [2.05, 4.69) is 5.32 Å². The predicted molar refractivity (Wildman–Crippen MR) is 81.1 cm³/mol. The Bertz CT molecular complexity index is 591. The van der Waals surface area contributed by atoms with Crippen LogP contribution in [0.2, 0.25) is 0 Å². The molecule has 0 spiro atoms. The van der Waals surface area contributed by atoms with Crippen LogP contribution in [0.4, 0.5) is 10.1 Å². The second-order valence-corrected chi connectivity index (χ2v) is 5.70. The van der Waals surface area contributed by atoms with Gasteiger partial charge in [-0.1, -0.05) is 6.08 Å². The van der Waals surface area contributed by atoms with E-state index < -0.39 is 23.8 Å². The molecular formula is C13H13FIN3O2. The molecule has 0 fully saturated rings. The first-order chi connectivity index (χ1) is 9.40. The fourth-order valence-electron chi connectivity index (χ4n) is 1.99. The molecule has 0 aliphatic carbocycles. The standard InChI is InChI=1S/C13H13FIN3O2/c1-18-11(19)5-3-8(12(16)20)13(18)17-10-4-2-7(15)6-9(10)14/h2-6,8,13,17H,1H3,(H2,16,20). The number of hydrogen-bond donors (Lipinski definition) is 2. The van der Waals surface area contributed by atoms with Gasteiger partial charge in [0, 0.05) is 16.7 Å². The summed E-state index contributed by atoms with van der Waals surface area (Å²) in [6.45, 7) is 0. The lowest BCUT2D eigenvalue weighted by atomic mass is 9.99. The molecule has 2 rings (SSSR count). The van der Waals surface area contributed by atoms with Gasteiger partial charge in [0.2, 0.25) is 11.8 Å². The van der Waals surface area contributed by atoms with E-state index in [-0.39, 0.29) is 11.6 Å². The molecule has 1 aliphatic heterocycles. The largest absolute Gasteiger partial charge is 0.369 e. The maximum Gasteiger partial charge on any atom is 0.247 e. The van der Waals surface area contributed by atoms with Crippen molar-refractivity contribution in [2.24, 2.45) is 11.7 Å². The van der Waals surface area contributed by atoms with E-state index in [0.29, 0.717) is 0 Å². The summed E-state index contributed by atoms with van der Waals surface area (Å²) in [6.07, 6.45) is 2.02. The minimum atomic E-state index is -0.712. The summed E-state index contributed by atoms with van der Waals surface area (Å²) in [5, 5.41) is 2.86. The van der Waals surface area contributed by atoms with Crippen LogP contribution >= 0.6 is 22.6 Å². The highest BCUT2D eigenvalue weighted by Gasteiger charge is 2.33. The lowest BCUT2D eigenvalue weighted by Crippen LogP contribution is -2.52. The number of rotatable bonds is 3. The summed E-state index contributed by atoms with van der Waals surface area (Å²) < 4.78 is 14.6. The molecule has 1 aromatic carbocycles.